The monoisotopic (exact) mass is 385 g/mol. The highest BCUT2D eigenvalue weighted by Gasteiger charge is 2.24. The van der Waals surface area contributed by atoms with Gasteiger partial charge in [0.2, 0.25) is 11.8 Å². The Kier molecular flexibility index (Phi) is 6.26. The maximum absolute atomic E-state index is 12.3. The van der Waals surface area contributed by atoms with Gasteiger partial charge in [-0.25, -0.2) is 4.98 Å². The van der Waals surface area contributed by atoms with Crippen LogP contribution in [0.2, 0.25) is 0 Å². The second kappa shape index (κ2) is 8.65. The van der Waals surface area contributed by atoms with Crippen molar-refractivity contribution < 1.29 is 9.59 Å². The van der Waals surface area contributed by atoms with Crippen molar-refractivity contribution in [2.75, 3.05) is 16.8 Å². The van der Waals surface area contributed by atoms with Gasteiger partial charge in [-0.2, -0.15) is 0 Å². The molecule has 144 valence electrons. The molecule has 0 radical (unpaired) electrons. The normalized spacial score (nSPS) is 12.9. The number of carbonyl (C=O) groups excluding carboxylic acids is 2. The first-order valence-corrected chi connectivity index (χ1v) is 10.6. The zero-order chi connectivity index (χ0) is 19.4. The number of aryl methyl sites for hydroxylation is 1. The van der Waals surface area contributed by atoms with Gasteiger partial charge >= 0.3 is 0 Å². The van der Waals surface area contributed by atoms with Crippen LogP contribution in [-0.4, -0.2) is 23.3 Å². The van der Waals surface area contributed by atoms with Gasteiger partial charge in [-0.3, -0.25) is 9.59 Å². The van der Waals surface area contributed by atoms with Crippen molar-refractivity contribution in [2.24, 2.45) is 0 Å². The molecule has 27 heavy (non-hydrogen) atoms. The molecule has 5 nitrogen and oxygen atoms in total. The summed E-state index contributed by atoms with van der Waals surface area (Å²) in [6, 6.07) is 6.20. The topological polar surface area (TPSA) is 62.3 Å². The summed E-state index contributed by atoms with van der Waals surface area (Å²) < 4.78 is 0. The third-order valence-corrected chi connectivity index (χ3v) is 5.70. The van der Waals surface area contributed by atoms with E-state index in [9.17, 15) is 9.59 Å². The molecule has 2 heterocycles. The van der Waals surface area contributed by atoms with Crippen molar-refractivity contribution in [3.05, 3.63) is 28.6 Å². The third kappa shape index (κ3) is 4.38. The Morgan fingerprint density at radius 2 is 2.04 bits per heavy atom. The van der Waals surface area contributed by atoms with Crippen molar-refractivity contribution in [1.82, 2.24) is 4.98 Å². The van der Waals surface area contributed by atoms with Gasteiger partial charge in [0.1, 0.15) is 0 Å². The van der Waals surface area contributed by atoms with E-state index in [0.29, 0.717) is 18.0 Å². The number of benzene rings is 1. The lowest BCUT2D eigenvalue weighted by atomic mass is 10.1. The van der Waals surface area contributed by atoms with E-state index in [1.54, 1.807) is 0 Å². The highest BCUT2D eigenvalue weighted by Crippen LogP contribution is 2.36. The summed E-state index contributed by atoms with van der Waals surface area (Å²) in [4.78, 5) is 31.8. The third-order valence-electron chi connectivity index (χ3n) is 4.81. The van der Waals surface area contributed by atoms with Crippen LogP contribution in [0, 0.1) is 6.92 Å². The van der Waals surface area contributed by atoms with Crippen LogP contribution in [0.15, 0.2) is 18.2 Å². The van der Waals surface area contributed by atoms with Crippen LogP contribution in [0.5, 0.6) is 0 Å². The summed E-state index contributed by atoms with van der Waals surface area (Å²) in [5.41, 5.74) is 4.17. The number of nitrogens with zero attached hydrogens (tertiary/aromatic N) is 2. The molecule has 0 bridgehead atoms. The second-order valence-electron chi connectivity index (χ2n) is 6.96. The van der Waals surface area contributed by atoms with Crippen LogP contribution >= 0.6 is 11.3 Å². The average molecular weight is 386 g/mol. The van der Waals surface area contributed by atoms with Crippen LogP contribution in [-0.2, 0) is 16.0 Å². The number of unbranched alkanes of at least 4 members (excludes halogenated alkanes) is 1. The first-order chi connectivity index (χ1) is 13.0. The molecule has 0 unspecified atom stereocenters. The zero-order valence-electron chi connectivity index (χ0n) is 16.3. The average Bonchev–Trinajstić information content (AvgIpc) is 3.22. The summed E-state index contributed by atoms with van der Waals surface area (Å²) in [6.07, 6.45) is 4.76. The molecule has 0 saturated heterocycles. The summed E-state index contributed by atoms with van der Waals surface area (Å²) in [6.45, 7) is 6.89. The molecule has 6 heteroatoms. The minimum atomic E-state index is 0.0242. The van der Waals surface area contributed by atoms with E-state index in [1.165, 1.54) is 16.9 Å². The Balaban J connectivity index is 1.78. The van der Waals surface area contributed by atoms with E-state index in [0.717, 1.165) is 54.0 Å². The maximum atomic E-state index is 12.3. The number of amides is 2. The number of hydrogen-bond acceptors (Lipinski definition) is 4. The van der Waals surface area contributed by atoms with Gasteiger partial charge in [0.05, 0.1) is 5.69 Å². The lowest BCUT2D eigenvalue weighted by Crippen LogP contribution is -2.28. The van der Waals surface area contributed by atoms with Gasteiger partial charge in [0.25, 0.3) is 0 Å². The standard InChI is InChI=1S/C21H27N3O2S/c1-4-6-8-18(25)22-21-23-20(14(3)27-21)16-9-10-17-15(13-16)11-12-24(17)19(26)7-5-2/h9-10,13H,4-8,11-12H2,1-3H3,(H,22,23,25). The molecule has 0 fully saturated rings. The number of nitrogens with one attached hydrogen (secondary N) is 1. The lowest BCUT2D eigenvalue weighted by molar-refractivity contribution is -0.118. The van der Waals surface area contributed by atoms with Gasteiger partial charge in [-0.1, -0.05) is 26.3 Å². The molecule has 1 N–H and O–H groups in total. The molecule has 2 aromatic rings. The largest absolute Gasteiger partial charge is 0.312 e. The Bertz CT molecular complexity index is 844. The summed E-state index contributed by atoms with van der Waals surface area (Å²) in [5, 5.41) is 3.57. The van der Waals surface area contributed by atoms with E-state index in [1.807, 2.05) is 30.9 Å². The van der Waals surface area contributed by atoms with Crippen LogP contribution < -0.4 is 10.2 Å². The molecule has 3 rings (SSSR count). The van der Waals surface area contributed by atoms with Gasteiger partial charge in [0.15, 0.2) is 5.13 Å². The molecule has 2 amide bonds. The number of thiazole rings is 1. The highest BCUT2D eigenvalue weighted by atomic mass is 32.1. The molecule has 0 aliphatic carbocycles. The van der Waals surface area contributed by atoms with Crippen molar-refractivity contribution >= 4 is 34.0 Å². The highest BCUT2D eigenvalue weighted by molar-refractivity contribution is 7.16. The van der Waals surface area contributed by atoms with E-state index < -0.39 is 0 Å². The van der Waals surface area contributed by atoms with Crippen molar-refractivity contribution in [2.45, 2.75) is 59.3 Å². The Morgan fingerprint density at radius 3 is 2.78 bits per heavy atom. The first-order valence-electron chi connectivity index (χ1n) is 9.74. The molecular weight excluding hydrogens is 358 g/mol. The predicted molar refractivity (Wildman–Crippen MR) is 111 cm³/mol. The summed E-state index contributed by atoms with van der Waals surface area (Å²) in [5.74, 6) is 0.224. The molecule has 1 aliphatic heterocycles. The fourth-order valence-corrected chi connectivity index (χ4v) is 4.25. The van der Waals surface area contributed by atoms with E-state index in [4.69, 9.17) is 0 Å². The number of rotatable bonds is 7. The smallest absolute Gasteiger partial charge is 0.226 e. The number of carbonyl (C=O) groups is 2. The number of aromatic nitrogens is 1. The van der Waals surface area contributed by atoms with E-state index in [2.05, 4.69) is 23.3 Å². The van der Waals surface area contributed by atoms with Crippen LogP contribution in [0.4, 0.5) is 10.8 Å². The maximum Gasteiger partial charge on any atom is 0.226 e. The quantitative estimate of drug-likeness (QED) is 0.734. The molecule has 1 aromatic carbocycles. The van der Waals surface area contributed by atoms with E-state index >= 15 is 0 Å². The summed E-state index contributed by atoms with van der Waals surface area (Å²) >= 11 is 1.51. The van der Waals surface area contributed by atoms with Gasteiger partial charge in [-0.05, 0) is 43.9 Å². The Labute approximate surface area is 164 Å². The minimum Gasteiger partial charge on any atom is -0.312 e. The predicted octanol–water partition coefficient (Wildman–Crippen LogP) is 4.94. The van der Waals surface area contributed by atoms with Crippen molar-refractivity contribution in [1.29, 1.82) is 0 Å². The Morgan fingerprint density at radius 1 is 1.22 bits per heavy atom. The zero-order valence-corrected chi connectivity index (χ0v) is 17.1. The SMILES string of the molecule is CCCCC(=O)Nc1nc(-c2ccc3c(c2)CCN3C(=O)CCC)c(C)s1. The minimum absolute atomic E-state index is 0.0242. The van der Waals surface area contributed by atoms with Crippen LogP contribution in [0.1, 0.15) is 56.4 Å². The van der Waals surface area contributed by atoms with Gasteiger partial charge in [-0.15, -0.1) is 11.3 Å². The second-order valence-corrected chi connectivity index (χ2v) is 8.17. The fourth-order valence-electron chi connectivity index (χ4n) is 3.39. The van der Waals surface area contributed by atoms with Crippen molar-refractivity contribution in [3.8, 4) is 11.3 Å². The van der Waals surface area contributed by atoms with Crippen LogP contribution in [0.3, 0.4) is 0 Å². The van der Waals surface area contributed by atoms with Gasteiger partial charge in [0, 0.05) is 35.5 Å². The van der Waals surface area contributed by atoms with Gasteiger partial charge < -0.3 is 10.2 Å². The molecular formula is C21H27N3O2S. The number of anilines is 2. The van der Waals surface area contributed by atoms with Crippen molar-refractivity contribution in [3.63, 3.8) is 0 Å². The summed E-state index contributed by atoms with van der Waals surface area (Å²) in [7, 11) is 0. The fraction of sp³-hybridized carbons (Fsp3) is 0.476. The Hall–Kier alpha value is -2.21. The molecule has 1 aromatic heterocycles. The molecule has 1 aliphatic rings. The molecule has 0 atom stereocenters. The van der Waals surface area contributed by atoms with E-state index in [-0.39, 0.29) is 11.8 Å². The van der Waals surface area contributed by atoms with Crippen LogP contribution in [0.25, 0.3) is 11.3 Å². The molecule has 0 spiro atoms. The number of hydrogen-bond donors (Lipinski definition) is 1. The molecule has 0 saturated carbocycles. The number of fused-ring (bicyclic) bond motifs is 1. The first kappa shape index (κ1) is 19.5. The lowest BCUT2D eigenvalue weighted by Gasteiger charge is -2.17.